The number of aryl methyl sites for hydroxylation is 2. The Kier molecular flexibility index (Phi) is 8.88. The van der Waals surface area contributed by atoms with Crippen LogP contribution in [0.25, 0.3) is 82.4 Å². The molecule has 7 nitrogen and oxygen atoms in total. The van der Waals surface area contributed by atoms with Crippen molar-refractivity contribution in [2.75, 3.05) is 9.80 Å². The maximum Gasteiger partial charge on any atom is 0.135 e. The number of pyridine rings is 1. The van der Waals surface area contributed by atoms with Gasteiger partial charge in [0.25, 0.3) is 0 Å². The predicted octanol–water partition coefficient (Wildman–Crippen LogP) is 17.8. The van der Waals surface area contributed by atoms with E-state index in [2.05, 4.69) is 91.1 Å². The molecule has 8 aromatic carbocycles. The van der Waals surface area contributed by atoms with Crippen molar-refractivity contribution >= 4 is 88.2 Å². The Labute approximate surface area is 475 Å². The first-order valence-electron chi connectivity index (χ1n) is 30.8. The summed E-state index contributed by atoms with van der Waals surface area (Å²) in [5.41, 5.74) is 7.15. The number of rotatable bonds is 6. The van der Waals surface area contributed by atoms with E-state index in [-0.39, 0.29) is 71.0 Å². The van der Waals surface area contributed by atoms with Crippen molar-refractivity contribution in [1.82, 2.24) is 18.7 Å². The Bertz CT molecular complexity index is 4690. The van der Waals surface area contributed by atoms with Gasteiger partial charge < -0.3 is 28.2 Å². The van der Waals surface area contributed by atoms with Gasteiger partial charge in [-0.25, -0.2) is 4.98 Å². The molecule has 12 aromatic rings. The SMILES string of the molecule is [2H]c1c([2H])c([2H])c(-c2cc(Oc3[c-]c4c(cc3)c3ccccc3n4-c3cc(C(C)(C)C)ccn3)[c-]c(N3[CH-]N(c4c5c(cc6c7cc(C(C)(C)C)ccc7n(C([2H])([2H])[2H])c46)c4cc(C(C)(C)C)ccc4n5C([2H])([2H])[2H])c4ccccc43)c2)c([2H])c1[2H].[Pt]. The Morgan fingerprint density at radius 2 is 1.13 bits per heavy atom. The van der Waals surface area contributed by atoms with E-state index in [0.717, 1.165) is 33.0 Å². The van der Waals surface area contributed by atoms with E-state index >= 15 is 0 Å². The summed E-state index contributed by atoms with van der Waals surface area (Å²) in [7, 11) is 0. The number of nitrogens with zero attached hydrogens (tertiary/aromatic N) is 6. The van der Waals surface area contributed by atoms with Crippen LogP contribution < -0.4 is 14.5 Å². The second kappa shape index (κ2) is 17.7. The van der Waals surface area contributed by atoms with Crippen LogP contribution >= 0.6 is 0 Å². The molecule has 1 aliphatic heterocycles. The van der Waals surface area contributed by atoms with Crippen molar-refractivity contribution in [3.8, 4) is 28.4 Å². The van der Waals surface area contributed by atoms with E-state index in [1.165, 1.54) is 9.13 Å². The second-order valence-electron chi connectivity index (χ2n) is 22.8. The van der Waals surface area contributed by atoms with Crippen molar-refractivity contribution in [2.45, 2.75) is 78.6 Å². The third-order valence-electron chi connectivity index (χ3n) is 14.9. The number of para-hydroxylation sites is 3. The molecule has 0 unspecified atom stereocenters. The molecule has 8 heteroatoms. The number of aromatic nitrogens is 4. The van der Waals surface area contributed by atoms with Crippen molar-refractivity contribution in [1.29, 1.82) is 0 Å². The molecule has 1 aliphatic rings. The Morgan fingerprint density at radius 3 is 1.76 bits per heavy atom. The van der Waals surface area contributed by atoms with E-state index < -0.39 is 44.2 Å². The van der Waals surface area contributed by atoms with E-state index in [9.17, 15) is 11.0 Å². The van der Waals surface area contributed by atoms with Gasteiger partial charge in [0.05, 0.1) is 23.6 Å². The molecule has 0 aliphatic carbocycles. The fourth-order valence-electron chi connectivity index (χ4n) is 10.8. The molecule has 4 aromatic heterocycles. The summed E-state index contributed by atoms with van der Waals surface area (Å²) in [5, 5.41) is 4.47. The molecule has 13 rings (SSSR count). The van der Waals surface area contributed by atoms with Crippen LogP contribution in [-0.2, 0) is 51.3 Å². The van der Waals surface area contributed by atoms with E-state index in [1.807, 2.05) is 107 Å². The zero-order valence-corrected chi connectivity index (χ0v) is 46.0. The van der Waals surface area contributed by atoms with E-state index in [4.69, 9.17) is 13.8 Å². The third kappa shape index (κ3) is 7.92. The molecular weight excluding hydrogens is 1110 g/mol. The number of benzene rings is 8. The molecule has 0 spiro atoms. The number of hydrogen-bond acceptors (Lipinski definition) is 4. The molecule has 0 radical (unpaired) electrons. The van der Waals surface area contributed by atoms with Crippen LogP contribution in [0.1, 0.15) is 94.1 Å². The van der Waals surface area contributed by atoms with Gasteiger partial charge in [-0.2, -0.15) is 6.07 Å². The van der Waals surface area contributed by atoms with Crippen LogP contribution in [0.4, 0.5) is 22.7 Å². The molecule has 0 saturated carbocycles. The minimum Gasteiger partial charge on any atom is -0.509 e. The molecule has 382 valence electrons. The van der Waals surface area contributed by atoms with E-state index in [1.54, 1.807) is 31.1 Å². The van der Waals surface area contributed by atoms with Gasteiger partial charge in [-0.15, -0.1) is 53.6 Å². The quantitative estimate of drug-likeness (QED) is 0.156. The molecule has 5 heterocycles. The molecule has 0 bridgehead atoms. The first kappa shape index (κ1) is 38.0. The summed E-state index contributed by atoms with van der Waals surface area (Å²) >= 11 is 0. The molecular formula is C68H61N6OPt-3. The summed E-state index contributed by atoms with van der Waals surface area (Å²) in [4.78, 5) is 8.50. The largest absolute Gasteiger partial charge is 0.509 e. The van der Waals surface area contributed by atoms with Crippen LogP contribution in [0, 0.1) is 18.8 Å². The normalized spacial score (nSPS) is 15.7. The molecule has 0 amide bonds. The number of ether oxygens (including phenoxy) is 1. The van der Waals surface area contributed by atoms with Crippen LogP contribution in [0.5, 0.6) is 11.5 Å². The van der Waals surface area contributed by atoms with Gasteiger partial charge in [-0.3, -0.25) is 0 Å². The second-order valence-corrected chi connectivity index (χ2v) is 22.8. The molecule has 0 atom stereocenters. The summed E-state index contributed by atoms with van der Waals surface area (Å²) in [5.74, 6) is 1.09. The summed E-state index contributed by atoms with van der Waals surface area (Å²) < 4.78 is 112. The molecule has 76 heavy (non-hydrogen) atoms. The average Bonchev–Trinajstić information content (AvgIpc) is 1.56. The van der Waals surface area contributed by atoms with Crippen LogP contribution in [0.15, 0.2) is 164 Å². The Morgan fingerprint density at radius 1 is 0.526 bits per heavy atom. The Hall–Kier alpha value is -7.60. The van der Waals surface area contributed by atoms with Crippen LogP contribution in [0.3, 0.4) is 0 Å². The van der Waals surface area contributed by atoms with Crippen molar-refractivity contribution in [2.24, 2.45) is 14.0 Å². The van der Waals surface area contributed by atoms with Gasteiger partial charge in [0, 0.05) is 110 Å². The van der Waals surface area contributed by atoms with Gasteiger partial charge in [0.15, 0.2) is 0 Å². The Balaban J connectivity index is 0.00000739. The third-order valence-corrected chi connectivity index (χ3v) is 14.9. The molecule has 0 fully saturated rings. The first-order chi connectivity index (χ1) is 40.4. The molecule has 0 saturated heterocycles. The van der Waals surface area contributed by atoms with Crippen molar-refractivity contribution < 1.29 is 40.9 Å². The predicted molar refractivity (Wildman–Crippen MR) is 314 cm³/mol. The minimum atomic E-state index is -2.78. The fourth-order valence-corrected chi connectivity index (χ4v) is 10.8. The van der Waals surface area contributed by atoms with Gasteiger partial charge in [0.1, 0.15) is 5.82 Å². The van der Waals surface area contributed by atoms with Crippen molar-refractivity contribution in [3.05, 3.63) is 199 Å². The maximum absolute atomic E-state index is 9.31. The van der Waals surface area contributed by atoms with Crippen molar-refractivity contribution in [3.63, 3.8) is 0 Å². The molecule has 0 N–H and O–H groups in total. The number of fused-ring (bicyclic) bond motifs is 10. The van der Waals surface area contributed by atoms with E-state index in [0.29, 0.717) is 66.7 Å². The fraction of sp³-hybridized carbons (Fsp3) is 0.206. The maximum atomic E-state index is 9.31. The summed E-state index contributed by atoms with van der Waals surface area (Å²) in [6.07, 6.45) is 1.81. The standard InChI is InChI=1S/C68H61N6O.Pt/c1-66(2,3)44-25-29-56-52(35-44)54-40-55-53-36-45(67(4,5)6)26-30-57(53)71(11)64(55)65(63(54)70(56)10)73-41-72(59-23-17-18-24-60(59)73)47-33-43(42-19-13-12-14-20-42)34-49(38-47)75-48-27-28-51-50-21-15-16-22-58(50)74(61(51)39-48)62-37-46(31-32-69-62)68(7,8)9;/h12-37,40-41H,1-11H3;/q-3;/i10D3,11D3,12D,13D,14D,19D,20D;. The zero-order valence-electron chi connectivity index (χ0n) is 54.7. The zero-order chi connectivity index (χ0) is 61.2. The summed E-state index contributed by atoms with van der Waals surface area (Å²) in [6.45, 7) is 15.3. The van der Waals surface area contributed by atoms with Gasteiger partial charge in [0.2, 0.25) is 0 Å². The van der Waals surface area contributed by atoms with Gasteiger partial charge >= 0.3 is 0 Å². The number of hydrogen-bond donors (Lipinski definition) is 0. The average molecular weight is 1180 g/mol. The summed E-state index contributed by atoms with van der Waals surface area (Å²) in [6, 6.07) is 44.8. The smallest absolute Gasteiger partial charge is 0.135 e. The van der Waals surface area contributed by atoms with Gasteiger partial charge in [-0.05, 0) is 105 Å². The van der Waals surface area contributed by atoms with Gasteiger partial charge in [-0.1, -0.05) is 141 Å². The van der Waals surface area contributed by atoms with Crippen LogP contribution in [-0.4, -0.2) is 18.7 Å². The first-order valence-corrected chi connectivity index (χ1v) is 25.3. The topological polar surface area (TPSA) is 43.4 Å². The minimum absolute atomic E-state index is 0. The van der Waals surface area contributed by atoms with Crippen LogP contribution in [0.2, 0.25) is 0 Å². The monoisotopic (exact) mass is 1180 g/mol. The number of anilines is 4.